The molecule has 1 heterocycles. The van der Waals surface area contributed by atoms with Crippen LogP contribution in [0.5, 0.6) is 0 Å². The maximum absolute atomic E-state index is 13.1. The zero-order chi connectivity index (χ0) is 19.1. The van der Waals surface area contributed by atoms with Gasteiger partial charge < -0.3 is 20.3 Å². The van der Waals surface area contributed by atoms with Gasteiger partial charge in [0.05, 0.1) is 13.2 Å². The normalized spacial score (nSPS) is 13.9. The third-order valence-corrected chi connectivity index (χ3v) is 4.30. The lowest BCUT2D eigenvalue weighted by Crippen LogP contribution is -2.36. The first kappa shape index (κ1) is 18.8. The van der Waals surface area contributed by atoms with Crippen LogP contribution in [0.15, 0.2) is 48.5 Å². The Hall–Kier alpha value is -2.93. The number of carbonyl (C=O) groups excluding carboxylic acids is 2. The van der Waals surface area contributed by atoms with Gasteiger partial charge in [-0.05, 0) is 42.3 Å². The van der Waals surface area contributed by atoms with Crippen LogP contribution in [-0.4, -0.2) is 44.7 Å². The number of rotatable bonds is 5. The maximum atomic E-state index is 13.1. The first-order valence-corrected chi connectivity index (χ1v) is 8.88. The van der Waals surface area contributed by atoms with Gasteiger partial charge in [0, 0.05) is 31.0 Å². The molecule has 2 aromatic rings. The van der Waals surface area contributed by atoms with Crippen molar-refractivity contribution in [3.63, 3.8) is 0 Å². The Labute approximate surface area is 157 Å². The molecule has 0 aromatic heterocycles. The quantitative estimate of drug-likeness (QED) is 0.789. The minimum atomic E-state index is -0.816. The van der Waals surface area contributed by atoms with E-state index in [1.54, 1.807) is 0 Å². The lowest BCUT2D eigenvalue weighted by molar-refractivity contribution is -0.136. The van der Waals surface area contributed by atoms with Crippen LogP contribution in [0.3, 0.4) is 0 Å². The van der Waals surface area contributed by atoms with Gasteiger partial charge in [-0.1, -0.05) is 18.2 Å². The highest BCUT2D eigenvalue weighted by Gasteiger charge is 2.14. The molecule has 0 atom stereocenters. The van der Waals surface area contributed by atoms with Gasteiger partial charge in [0.15, 0.2) is 0 Å². The summed E-state index contributed by atoms with van der Waals surface area (Å²) in [6, 6.07) is 13.5. The fraction of sp³-hybridized carbons (Fsp3) is 0.300. The molecule has 0 bridgehead atoms. The summed E-state index contributed by atoms with van der Waals surface area (Å²) >= 11 is 0. The molecule has 1 aliphatic heterocycles. The molecule has 1 saturated heterocycles. The number of benzene rings is 2. The molecule has 142 valence electrons. The summed E-state index contributed by atoms with van der Waals surface area (Å²) in [7, 11) is 0. The summed E-state index contributed by atoms with van der Waals surface area (Å²) in [6.07, 6.45) is 0.613. The summed E-state index contributed by atoms with van der Waals surface area (Å²) < 4.78 is 18.4. The van der Waals surface area contributed by atoms with Crippen LogP contribution in [0.1, 0.15) is 5.56 Å². The van der Waals surface area contributed by atoms with Crippen LogP contribution in [0.25, 0.3) is 0 Å². The van der Waals surface area contributed by atoms with Gasteiger partial charge in [-0.2, -0.15) is 0 Å². The fourth-order valence-corrected chi connectivity index (χ4v) is 2.85. The van der Waals surface area contributed by atoms with E-state index in [1.165, 1.54) is 18.2 Å². The Morgan fingerprint density at radius 2 is 1.78 bits per heavy atom. The van der Waals surface area contributed by atoms with Crippen molar-refractivity contribution in [3.8, 4) is 0 Å². The molecule has 0 unspecified atom stereocenters. The topological polar surface area (TPSA) is 70.7 Å². The smallest absolute Gasteiger partial charge is 0.313 e. The van der Waals surface area contributed by atoms with E-state index in [0.717, 1.165) is 43.6 Å². The highest BCUT2D eigenvalue weighted by molar-refractivity contribution is 6.39. The number of nitrogens with zero attached hydrogens (tertiary/aromatic N) is 1. The van der Waals surface area contributed by atoms with Crippen molar-refractivity contribution in [1.82, 2.24) is 5.32 Å². The number of halogens is 1. The number of hydrogen-bond donors (Lipinski definition) is 2. The molecule has 3 rings (SSSR count). The summed E-state index contributed by atoms with van der Waals surface area (Å²) in [5, 5.41) is 4.94. The zero-order valence-electron chi connectivity index (χ0n) is 14.9. The second kappa shape index (κ2) is 9.14. The summed E-state index contributed by atoms with van der Waals surface area (Å²) in [5.41, 5.74) is 2.47. The van der Waals surface area contributed by atoms with Gasteiger partial charge in [0.25, 0.3) is 0 Å². The minimum absolute atomic E-state index is 0.244. The predicted octanol–water partition coefficient (Wildman–Crippen LogP) is 1.96. The Bertz CT molecular complexity index is 789. The van der Waals surface area contributed by atoms with E-state index < -0.39 is 17.6 Å². The zero-order valence-corrected chi connectivity index (χ0v) is 14.9. The molecular weight excluding hydrogens is 349 g/mol. The molecule has 27 heavy (non-hydrogen) atoms. The lowest BCUT2D eigenvalue weighted by Gasteiger charge is -2.28. The first-order chi connectivity index (χ1) is 13.1. The lowest BCUT2D eigenvalue weighted by atomic mass is 10.1. The third kappa shape index (κ3) is 5.52. The molecule has 0 aliphatic carbocycles. The second-order valence-electron chi connectivity index (χ2n) is 6.24. The van der Waals surface area contributed by atoms with Crippen molar-refractivity contribution in [3.05, 3.63) is 59.9 Å². The standard InChI is InChI=1S/C20H22FN3O3/c21-16-2-1-3-17(14-16)23-20(26)19(25)22-9-8-15-4-6-18(7-5-15)24-10-12-27-13-11-24/h1-7,14H,8-13H2,(H,22,25)(H,23,26). The molecular formula is C20H22FN3O3. The van der Waals surface area contributed by atoms with E-state index in [-0.39, 0.29) is 5.69 Å². The van der Waals surface area contributed by atoms with E-state index in [1.807, 2.05) is 12.1 Å². The van der Waals surface area contributed by atoms with Crippen molar-refractivity contribution in [2.45, 2.75) is 6.42 Å². The largest absolute Gasteiger partial charge is 0.378 e. The van der Waals surface area contributed by atoms with Gasteiger partial charge in [0.2, 0.25) is 0 Å². The van der Waals surface area contributed by atoms with E-state index in [9.17, 15) is 14.0 Å². The van der Waals surface area contributed by atoms with E-state index in [2.05, 4.69) is 27.7 Å². The predicted molar refractivity (Wildman–Crippen MR) is 101 cm³/mol. The fourth-order valence-electron chi connectivity index (χ4n) is 2.85. The molecule has 0 spiro atoms. The van der Waals surface area contributed by atoms with Gasteiger partial charge in [-0.3, -0.25) is 9.59 Å². The van der Waals surface area contributed by atoms with Crippen LogP contribution in [0.4, 0.5) is 15.8 Å². The Kier molecular flexibility index (Phi) is 6.38. The molecule has 6 nitrogen and oxygen atoms in total. The van der Waals surface area contributed by atoms with Crippen LogP contribution in [0.2, 0.25) is 0 Å². The summed E-state index contributed by atoms with van der Waals surface area (Å²) in [6.45, 7) is 3.59. The second-order valence-corrected chi connectivity index (χ2v) is 6.24. The highest BCUT2D eigenvalue weighted by atomic mass is 19.1. The minimum Gasteiger partial charge on any atom is -0.378 e. The monoisotopic (exact) mass is 371 g/mol. The number of nitrogens with one attached hydrogen (secondary N) is 2. The van der Waals surface area contributed by atoms with Crippen molar-refractivity contribution in [2.75, 3.05) is 43.1 Å². The Morgan fingerprint density at radius 1 is 1.04 bits per heavy atom. The van der Waals surface area contributed by atoms with Gasteiger partial charge in [-0.15, -0.1) is 0 Å². The van der Waals surface area contributed by atoms with Crippen molar-refractivity contribution in [1.29, 1.82) is 0 Å². The number of carbonyl (C=O) groups is 2. The SMILES string of the molecule is O=C(NCCc1ccc(N2CCOCC2)cc1)C(=O)Nc1cccc(F)c1. The third-order valence-electron chi connectivity index (χ3n) is 4.30. The Balaban J connectivity index is 1.43. The molecule has 0 radical (unpaired) electrons. The number of anilines is 2. The highest BCUT2D eigenvalue weighted by Crippen LogP contribution is 2.16. The van der Waals surface area contributed by atoms with Gasteiger partial charge in [-0.25, -0.2) is 4.39 Å². The number of amides is 2. The summed E-state index contributed by atoms with van der Waals surface area (Å²) in [4.78, 5) is 25.9. The molecule has 1 fully saturated rings. The molecule has 0 saturated carbocycles. The van der Waals surface area contributed by atoms with Crippen LogP contribution < -0.4 is 15.5 Å². The van der Waals surface area contributed by atoms with Crippen molar-refractivity contribution < 1.29 is 18.7 Å². The first-order valence-electron chi connectivity index (χ1n) is 8.88. The van der Waals surface area contributed by atoms with E-state index >= 15 is 0 Å². The number of ether oxygens (including phenoxy) is 1. The molecule has 2 N–H and O–H groups in total. The number of morpholine rings is 1. The molecule has 7 heteroatoms. The van der Waals surface area contributed by atoms with Crippen molar-refractivity contribution >= 4 is 23.2 Å². The summed E-state index contributed by atoms with van der Waals surface area (Å²) in [5.74, 6) is -2.04. The number of hydrogen-bond acceptors (Lipinski definition) is 4. The average molecular weight is 371 g/mol. The molecule has 2 amide bonds. The van der Waals surface area contributed by atoms with Crippen LogP contribution in [0, 0.1) is 5.82 Å². The molecule has 1 aliphatic rings. The van der Waals surface area contributed by atoms with Gasteiger partial charge >= 0.3 is 11.8 Å². The maximum Gasteiger partial charge on any atom is 0.313 e. The van der Waals surface area contributed by atoms with E-state index in [0.29, 0.717) is 13.0 Å². The van der Waals surface area contributed by atoms with E-state index in [4.69, 9.17) is 4.74 Å². The molecule has 2 aromatic carbocycles. The average Bonchev–Trinajstić information content (AvgIpc) is 2.69. The van der Waals surface area contributed by atoms with Gasteiger partial charge in [0.1, 0.15) is 5.82 Å². The van der Waals surface area contributed by atoms with Crippen molar-refractivity contribution in [2.24, 2.45) is 0 Å². The van der Waals surface area contributed by atoms with Crippen LogP contribution >= 0.6 is 0 Å². The van der Waals surface area contributed by atoms with Crippen LogP contribution in [-0.2, 0) is 20.7 Å². The Morgan fingerprint density at radius 3 is 2.48 bits per heavy atom.